The number of rotatable bonds is 5. The topological polar surface area (TPSA) is 106 Å². The molecule has 2 aromatic carbocycles. The second-order valence-corrected chi connectivity index (χ2v) is 11.9. The van der Waals surface area contributed by atoms with Crippen molar-refractivity contribution in [2.75, 3.05) is 18.1 Å². The Morgan fingerprint density at radius 2 is 1.80 bits per heavy atom. The predicted octanol–water partition coefficient (Wildman–Crippen LogP) is 3.27. The minimum Gasteiger partial charge on any atom is -0.344 e. The van der Waals surface area contributed by atoms with Crippen molar-refractivity contribution in [1.82, 2.24) is 14.8 Å². The molecule has 2 aliphatic heterocycles. The Kier molecular flexibility index (Phi) is 5.36. The van der Waals surface area contributed by atoms with Crippen molar-refractivity contribution in [2.45, 2.75) is 38.8 Å². The van der Waals surface area contributed by atoms with Crippen LogP contribution in [0.3, 0.4) is 0 Å². The summed E-state index contributed by atoms with van der Waals surface area (Å²) in [6.07, 6.45) is 0.503. The van der Waals surface area contributed by atoms with E-state index in [4.69, 9.17) is 0 Å². The zero-order chi connectivity index (χ0) is 25.1. The number of nitrogens with one attached hydrogen (secondary N) is 1. The highest BCUT2D eigenvalue weighted by Gasteiger charge is 2.49. The first-order chi connectivity index (χ1) is 16.5. The fourth-order valence-corrected chi connectivity index (χ4v) is 7.07. The third-order valence-corrected chi connectivity index (χ3v) is 9.01. The number of aromatic nitrogens is 1. The Morgan fingerprint density at radius 3 is 2.49 bits per heavy atom. The van der Waals surface area contributed by atoms with Gasteiger partial charge >= 0.3 is 6.03 Å². The molecular weight excluding hydrogens is 466 g/mol. The van der Waals surface area contributed by atoms with E-state index in [1.54, 1.807) is 19.9 Å². The molecule has 3 aromatic rings. The number of imide groups is 1. The predicted molar refractivity (Wildman–Crippen MR) is 132 cm³/mol. The van der Waals surface area contributed by atoms with E-state index in [1.807, 2.05) is 54.0 Å². The monoisotopic (exact) mass is 493 g/mol. The number of hydrogen-bond donors (Lipinski definition) is 1. The van der Waals surface area contributed by atoms with Crippen LogP contribution >= 0.6 is 0 Å². The molecule has 0 aliphatic carbocycles. The lowest BCUT2D eigenvalue weighted by Gasteiger charge is -2.22. The lowest BCUT2D eigenvalue weighted by Crippen LogP contribution is -2.41. The summed E-state index contributed by atoms with van der Waals surface area (Å²) in [5.74, 6) is -0.666. The normalized spacial score (nSPS) is 23.7. The zero-order valence-corrected chi connectivity index (χ0v) is 20.7. The second-order valence-electron chi connectivity index (χ2n) is 9.64. The number of aryl methyl sites for hydroxylation is 1. The number of carbonyl (C=O) groups excluding carboxylic acids is 3. The molecule has 182 valence electrons. The molecule has 0 unspecified atom stereocenters. The molecule has 5 rings (SSSR count). The first kappa shape index (κ1) is 23.3. The van der Waals surface area contributed by atoms with Crippen LogP contribution in [0, 0.1) is 13.8 Å². The van der Waals surface area contributed by atoms with Crippen molar-refractivity contribution in [2.24, 2.45) is 0 Å². The van der Waals surface area contributed by atoms with Crippen molar-refractivity contribution < 1.29 is 22.8 Å². The Bertz CT molecular complexity index is 1510. The average Bonchev–Trinajstić information content (AvgIpc) is 3.39. The van der Waals surface area contributed by atoms with Crippen LogP contribution < -0.4 is 5.32 Å². The van der Waals surface area contributed by atoms with Crippen molar-refractivity contribution in [3.63, 3.8) is 0 Å². The van der Waals surface area contributed by atoms with E-state index in [9.17, 15) is 22.8 Å². The summed E-state index contributed by atoms with van der Waals surface area (Å²) in [6, 6.07) is 14.2. The third kappa shape index (κ3) is 3.83. The number of Topliss-reactive ketones (excluding diaryl/α,β-unsaturated/α-hetero) is 1. The summed E-state index contributed by atoms with van der Waals surface area (Å²) in [4.78, 5) is 40.4. The molecule has 0 bridgehead atoms. The summed E-state index contributed by atoms with van der Waals surface area (Å²) in [5.41, 5.74) is 1.19. The summed E-state index contributed by atoms with van der Waals surface area (Å²) >= 11 is 0. The Labute approximate surface area is 203 Å². The molecule has 2 aliphatic rings. The molecule has 3 heterocycles. The van der Waals surface area contributed by atoms with Gasteiger partial charge in [-0.3, -0.25) is 14.5 Å². The van der Waals surface area contributed by atoms with Crippen LogP contribution in [0.25, 0.3) is 10.8 Å². The number of hydrogen-bond acceptors (Lipinski definition) is 5. The Hall–Kier alpha value is -3.46. The van der Waals surface area contributed by atoms with Gasteiger partial charge in [0.15, 0.2) is 15.6 Å². The molecule has 9 heteroatoms. The van der Waals surface area contributed by atoms with Crippen LogP contribution in [-0.2, 0) is 20.2 Å². The van der Waals surface area contributed by atoms with Gasteiger partial charge in [-0.05, 0) is 55.7 Å². The van der Waals surface area contributed by atoms with E-state index in [2.05, 4.69) is 5.32 Å². The first-order valence-corrected chi connectivity index (χ1v) is 13.4. The van der Waals surface area contributed by atoms with Gasteiger partial charge < -0.3 is 9.88 Å². The van der Waals surface area contributed by atoms with Gasteiger partial charge in [0, 0.05) is 23.0 Å². The van der Waals surface area contributed by atoms with E-state index in [-0.39, 0.29) is 29.9 Å². The molecule has 1 N–H and O–H groups in total. The van der Waals surface area contributed by atoms with E-state index in [1.165, 1.54) is 0 Å². The number of sulfone groups is 1. The Morgan fingerprint density at radius 1 is 1.09 bits per heavy atom. The number of amides is 3. The van der Waals surface area contributed by atoms with Crippen LogP contribution in [0.5, 0.6) is 0 Å². The largest absolute Gasteiger partial charge is 0.344 e. The third-order valence-electron chi connectivity index (χ3n) is 7.26. The van der Waals surface area contributed by atoms with Gasteiger partial charge in [-0.15, -0.1) is 0 Å². The number of benzene rings is 2. The van der Waals surface area contributed by atoms with Crippen LogP contribution in [0.1, 0.15) is 46.7 Å². The van der Waals surface area contributed by atoms with Crippen LogP contribution in [0.2, 0.25) is 0 Å². The van der Waals surface area contributed by atoms with E-state index in [0.29, 0.717) is 23.2 Å². The van der Waals surface area contributed by atoms with Crippen molar-refractivity contribution in [3.8, 4) is 0 Å². The molecule has 2 fully saturated rings. The van der Waals surface area contributed by atoms with E-state index >= 15 is 0 Å². The molecule has 2 saturated heterocycles. The van der Waals surface area contributed by atoms with Crippen molar-refractivity contribution in [1.29, 1.82) is 0 Å². The maximum Gasteiger partial charge on any atom is 0.325 e. The summed E-state index contributed by atoms with van der Waals surface area (Å²) in [6.45, 7) is 4.87. The summed E-state index contributed by atoms with van der Waals surface area (Å²) in [7, 11) is -3.09. The smallest absolute Gasteiger partial charge is 0.325 e. The number of carbonyl (C=O) groups is 3. The lowest BCUT2D eigenvalue weighted by atomic mass is 9.90. The number of ketones is 1. The highest BCUT2D eigenvalue weighted by atomic mass is 32.2. The molecule has 1 aromatic heterocycles. The SMILES string of the molecule is Cc1cc(C(=O)CN2C(=O)N[C@@](C)(c3ccc4ccccc4c3)C2=O)c(C)n1[C@H]1CCS(=O)(=O)C1. The lowest BCUT2D eigenvalue weighted by molar-refractivity contribution is -0.130. The zero-order valence-electron chi connectivity index (χ0n) is 19.9. The highest BCUT2D eigenvalue weighted by Crippen LogP contribution is 2.32. The number of urea groups is 1. The molecule has 0 radical (unpaired) electrons. The van der Waals surface area contributed by atoms with Gasteiger partial charge in [-0.1, -0.05) is 36.4 Å². The van der Waals surface area contributed by atoms with Crippen LogP contribution in [-0.4, -0.2) is 53.7 Å². The minimum atomic E-state index is -3.09. The molecule has 2 atom stereocenters. The molecular formula is C26H27N3O5S. The standard InChI is InChI=1S/C26H27N3O5S/c1-16-12-22(17(2)29(16)21-10-11-35(33,34)15-21)23(30)14-28-24(31)26(3,27-25(28)32)20-9-8-18-6-4-5-7-19(18)13-20/h4-9,12-13,21H,10-11,14-15H2,1-3H3,(H,27,32)/t21-,26-/m0/s1. The first-order valence-electron chi connectivity index (χ1n) is 11.6. The quantitative estimate of drug-likeness (QED) is 0.434. The van der Waals surface area contributed by atoms with E-state index < -0.39 is 27.3 Å². The van der Waals surface area contributed by atoms with Gasteiger partial charge in [-0.2, -0.15) is 0 Å². The fraction of sp³-hybridized carbons (Fsp3) is 0.346. The van der Waals surface area contributed by atoms with Crippen molar-refractivity contribution >= 4 is 38.3 Å². The summed E-state index contributed by atoms with van der Waals surface area (Å²) < 4.78 is 25.8. The van der Waals surface area contributed by atoms with Gasteiger partial charge in [0.2, 0.25) is 0 Å². The maximum absolute atomic E-state index is 13.4. The second kappa shape index (κ2) is 8.05. The molecule has 3 amide bonds. The molecule has 35 heavy (non-hydrogen) atoms. The Balaban J connectivity index is 1.40. The van der Waals surface area contributed by atoms with Crippen LogP contribution in [0.4, 0.5) is 4.79 Å². The average molecular weight is 494 g/mol. The van der Waals surface area contributed by atoms with Gasteiger partial charge in [0.25, 0.3) is 5.91 Å². The van der Waals surface area contributed by atoms with Crippen LogP contribution in [0.15, 0.2) is 48.5 Å². The number of nitrogens with zero attached hydrogens (tertiary/aromatic N) is 2. The van der Waals surface area contributed by atoms with E-state index in [0.717, 1.165) is 21.4 Å². The molecule has 8 nitrogen and oxygen atoms in total. The van der Waals surface area contributed by atoms with Gasteiger partial charge in [0.1, 0.15) is 5.54 Å². The van der Waals surface area contributed by atoms with Crippen molar-refractivity contribution in [3.05, 3.63) is 71.0 Å². The van der Waals surface area contributed by atoms with Gasteiger partial charge in [-0.25, -0.2) is 13.2 Å². The minimum absolute atomic E-state index is 0.0497. The number of fused-ring (bicyclic) bond motifs is 1. The summed E-state index contributed by atoms with van der Waals surface area (Å²) in [5, 5.41) is 4.74. The fourth-order valence-electron chi connectivity index (χ4n) is 5.37. The van der Waals surface area contributed by atoms with Gasteiger partial charge in [0.05, 0.1) is 18.1 Å². The molecule has 0 saturated carbocycles. The highest BCUT2D eigenvalue weighted by molar-refractivity contribution is 7.91. The maximum atomic E-state index is 13.4. The molecule has 0 spiro atoms.